The minimum absolute atomic E-state index is 0.100. The van der Waals surface area contributed by atoms with E-state index in [2.05, 4.69) is 9.88 Å². The van der Waals surface area contributed by atoms with E-state index in [1.54, 1.807) is 11.3 Å². The maximum atomic E-state index is 9.32. The molecule has 0 fully saturated rings. The Morgan fingerprint density at radius 1 is 1.23 bits per heavy atom. The molecule has 0 amide bonds. The molecule has 0 radical (unpaired) electrons. The van der Waals surface area contributed by atoms with E-state index in [9.17, 15) is 5.11 Å². The van der Waals surface area contributed by atoms with Crippen molar-refractivity contribution in [3.8, 4) is 11.5 Å². The number of thiophene rings is 1. The van der Waals surface area contributed by atoms with Gasteiger partial charge in [0.15, 0.2) is 0 Å². The summed E-state index contributed by atoms with van der Waals surface area (Å²) in [7, 11) is 0. The van der Waals surface area contributed by atoms with Gasteiger partial charge in [0.2, 0.25) is 5.89 Å². The molecule has 3 aromatic rings. The molecule has 0 aliphatic heterocycles. The van der Waals surface area contributed by atoms with Gasteiger partial charge in [-0.05, 0) is 30.5 Å². The fourth-order valence-electron chi connectivity index (χ4n) is 2.32. The fraction of sp³-hybridized carbons (Fsp3) is 0.235. The molecule has 2 heterocycles. The van der Waals surface area contributed by atoms with Crippen LogP contribution in [-0.2, 0) is 6.54 Å². The normalized spacial score (nSPS) is 10.8. The number of aliphatic hydroxyl groups is 1. The van der Waals surface area contributed by atoms with Gasteiger partial charge in [-0.25, -0.2) is 4.98 Å². The van der Waals surface area contributed by atoms with Crippen molar-refractivity contribution in [1.82, 2.24) is 4.98 Å². The highest BCUT2D eigenvalue weighted by molar-refractivity contribution is 7.08. The third-order valence-corrected chi connectivity index (χ3v) is 4.18. The Kier molecular flexibility index (Phi) is 4.56. The maximum Gasteiger partial charge on any atom is 0.227 e. The molecule has 1 N–H and O–H groups in total. The molecular weight excluding hydrogens is 296 g/mol. The molecule has 0 saturated heterocycles. The lowest BCUT2D eigenvalue weighted by molar-refractivity contribution is 0.301. The Morgan fingerprint density at radius 3 is 2.73 bits per heavy atom. The number of rotatable bonds is 6. The standard InChI is InChI=1S/C17H18N2O2S/c1-13-16(18-17(21-13)14-7-10-22-12-14)11-19(8-9-20)15-5-3-2-4-6-15/h2-7,10,12,20H,8-9,11H2,1H3. The number of aliphatic hydroxyl groups excluding tert-OH is 1. The first-order valence-corrected chi connectivity index (χ1v) is 8.12. The largest absolute Gasteiger partial charge is 0.441 e. The molecule has 22 heavy (non-hydrogen) atoms. The van der Waals surface area contributed by atoms with E-state index in [4.69, 9.17) is 4.42 Å². The second-order valence-electron chi connectivity index (χ2n) is 5.01. The molecule has 0 bridgehead atoms. The third kappa shape index (κ3) is 3.21. The number of anilines is 1. The van der Waals surface area contributed by atoms with E-state index >= 15 is 0 Å². The summed E-state index contributed by atoms with van der Waals surface area (Å²) in [4.78, 5) is 6.72. The number of hydrogen-bond donors (Lipinski definition) is 1. The van der Waals surface area contributed by atoms with Crippen LogP contribution in [0.2, 0.25) is 0 Å². The van der Waals surface area contributed by atoms with Gasteiger partial charge < -0.3 is 14.4 Å². The summed E-state index contributed by atoms with van der Waals surface area (Å²) < 4.78 is 5.78. The molecule has 0 spiro atoms. The van der Waals surface area contributed by atoms with E-state index < -0.39 is 0 Å². The van der Waals surface area contributed by atoms with Crippen LogP contribution in [0.15, 0.2) is 51.6 Å². The SMILES string of the molecule is Cc1oc(-c2ccsc2)nc1CN(CCO)c1ccccc1. The van der Waals surface area contributed by atoms with Crippen LogP contribution in [0.25, 0.3) is 11.5 Å². The average molecular weight is 314 g/mol. The predicted molar refractivity (Wildman–Crippen MR) is 89.1 cm³/mol. The van der Waals surface area contributed by atoms with Crippen molar-refractivity contribution in [3.05, 3.63) is 58.6 Å². The molecule has 4 nitrogen and oxygen atoms in total. The summed E-state index contributed by atoms with van der Waals surface area (Å²) in [6.45, 7) is 3.21. The van der Waals surface area contributed by atoms with Gasteiger partial charge in [-0.15, -0.1) is 0 Å². The quantitative estimate of drug-likeness (QED) is 0.753. The molecule has 0 aliphatic rings. The van der Waals surface area contributed by atoms with Crippen molar-refractivity contribution in [2.24, 2.45) is 0 Å². The van der Waals surface area contributed by atoms with Crippen LogP contribution in [0, 0.1) is 6.92 Å². The minimum Gasteiger partial charge on any atom is -0.441 e. The van der Waals surface area contributed by atoms with Crippen molar-refractivity contribution in [2.45, 2.75) is 13.5 Å². The van der Waals surface area contributed by atoms with Crippen LogP contribution >= 0.6 is 11.3 Å². The molecule has 0 aliphatic carbocycles. The second kappa shape index (κ2) is 6.77. The number of hydrogen-bond acceptors (Lipinski definition) is 5. The predicted octanol–water partition coefficient (Wildman–Crippen LogP) is 3.71. The lowest BCUT2D eigenvalue weighted by Gasteiger charge is -2.23. The van der Waals surface area contributed by atoms with Crippen LogP contribution in [0.4, 0.5) is 5.69 Å². The summed E-state index contributed by atoms with van der Waals surface area (Å²) in [5.74, 6) is 1.48. The molecular formula is C17H18N2O2S. The van der Waals surface area contributed by atoms with E-state index in [0.717, 1.165) is 22.7 Å². The van der Waals surface area contributed by atoms with Gasteiger partial charge in [0.1, 0.15) is 11.5 Å². The number of oxazole rings is 1. The molecule has 0 unspecified atom stereocenters. The number of para-hydroxylation sites is 1. The smallest absolute Gasteiger partial charge is 0.227 e. The monoisotopic (exact) mass is 314 g/mol. The number of benzene rings is 1. The second-order valence-corrected chi connectivity index (χ2v) is 5.79. The van der Waals surface area contributed by atoms with Gasteiger partial charge in [-0.1, -0.05) is 18.2 Å². The van der Waals surface area contributed by atoms with Crippen LogP contribution < -0.4 is 4.90 Å². The molecule has 2 aromatic heterocycles. The maximum absolute atomic E-state index is 9.32. The Morgan fingerprint density at radius 2 is 2.05 bits per heavy atom. The first-order valence-electron chi connectivity index (χ1n) is 7.17. The molecule has 0 saturated carbocycles. The zero-order valence-electron chi connectivity index (χ0n) is 12.4. The van der Waals surface area contributed by atoms with E-state index in [1.165, 1.54) is 0 Å². The Balaban J connectivity index is 1.84. The van der Waals surface area contributed by atoms with Gasteiger partial charge in [0.05, 0.1) is 13.2 Å². The van der Waals surface area contributed by atoms with Crippen LogP contribution in [-0.4, -0.2) is 23.2 Å². The van der Waals surface area contributed by atoms with Gasteiger partial charge in [0.25, 0.3) is 0 Å². The van der Waals surface area contributed by atoms with Crippen LogP contribution in [0.3, 0.4) is 0 Å². The van der Waals surface area contributed by atoms with Crippen molar-refractivity contribution in [2.75, 3.05) is 18.1 Å². The Bertz CT molecular complexity index is 708. The zero-order chi connectivity index (χ0) is 15.4. The molecule has 5 heteroatoms. The topological polar surface area (TPSA) is 49.5 Å². The van der Waals surface area contributed by atoms with E-state index in [0.29, 0.717) is 19.0 Å². The first-order chi connectivity index (χ1) is 10.8. The van der Waals surface area contributed by atoms with Crippen molar-refractivity contribution in [3.63, 3.8) is 0 Å². The minimum atomic E-state index is 0.100. The van der Waals surface area contributed by atoms with Crippen molar-refractivity contribution < 1.29 is 9.52 Å². The summed E-state index contributed by atoms with van der Waals surface area (Å²) in [6, 6.07) is 12.0. The van der Waals surface area contributed by atoms with Crippen LogP contribution in [0.1, 0.15) is 11.5 Å². The average Bonchev–Trinajstić information content (AvgIpc) is 3.18. The van der Waals surface area contributed by atoms with Gasteiger partial charge in [-0.3, -0.25) is 0 Å². The first kappa shape index (κ1) is 14.8. The highest BCUT2D eigenvalue weighted by Crippen LogP contribution is 2.25. The molecule has 1 aromatic carbocycles. The van der Waals surface area contributed by atoms with E-state index in [-0.39, 0.29) is 6.61 Å². The number of aryl methyl sites for hydroxylation is 1. The highest BCUT2D eigenvalue weighted by atomic mass is 32.1. The number of nitrogens with zero attached hydrogens (tertiary/aromatic N) is 2. The Labute approximate surface area is 133 Å². The van der Waals surface area contributed by atoms with Crippen LogP contribution in [0.5, 0.6) is 0 Å². The summed E-state index contributed by atoms with van der Waals surface area (Å²) in [5.41, 5.74) is 2.97. The fourth-order valence-corrected chi connectivity index (χ4v) is 2.95. The zero-order valence-corrected chi connectivity index (χ0v) is 13.2. The van der Waals surface area contributed by atoms with Crippen molar-refractivity contribution >= 4 is 17.0 Å². The Hall–Kier alpha value is -2.11. The van der Waals surface area contributed by atoms with Gasteiger partial charge in [-0.2, -0.15) is 11.3 Å². The molecule has 0 atom stereocenters. The third-order valence-electron chi connectivity index (χ3n) is 3.49. The number of aromatic nitrogens is 1. The lowest BCUT2D eigenvalue weighted by Crippen LogP contribution is -2.26. The highest BCUT2D eigenvalue weighted by Gasteiger charge is 2.15. The lowest BCUT2D eigenvalue weighted by atomic mass is 10.2. The summed E-state index contributed by atoms with van der Waals surface area (Å²) in [6.07, 6.45) is 0. The van der Waals surface area contributed by atoms with Gasteiger partial charge in [0, 0.05) is 23.2 Å². The van der Waals surface area contributed by atoms with Crippen molar-refractivity contribution in [1.29, 1.82) is 0 Å². The molecule has 3 rings (SSSR count). The van der Waals surface area contributed by atoms with E-state index in [1.807, 2.05) is 54.1 Å². The molecule has 114 valence electrons. The summed E-state index contributed by atoms with van der Waals surface area (Å²) >= 11 is 1.62. The van der Waals surface area contributed by atoms with Gasteiger partial charge >= 0.3 is 0 Å². The summed E-state index contributed by atoms with van der Waals surface area (Å²) in [5, 5.41) is 13.4.